The topological polar surface area (TPSA) is 43.1 Å². The van der Waals surface area contributed by atoms with Gasteiger partial charge in [0.15, 0.2) is 5.78 Å². The van der Waals surface area contributed by atoms with Crippen molar-refractivity contribution in [1.82, 2.24) is 0 Å². The van der Waals surface area contributed by atoms with Gasteiger partial charge in [0.25, 0.3) is 0 Å². The van der Waals surface area contributed by atoms with E-state index >= 15 is 0 Å². The molecule has 0 radical (unpaired) electrons. The van der Waals surface area contributed by atoms with Gasteiger partial charge in [0.2, 0.25) is 0 Å². The molecule has 0 heterocycles. The normalized spacial score (nSPS) is 10.7. The minimum absolute atomic E-state index is 0.0306. The van der Waals surface area contributed by atoms with Crippen LogP contribution in [0.5, 0.6) is 0 Å². The van der Waals surface area contributed by atoms with Crippen LogP contribution in [-0.2, 0) is 6.42 Å². The summed E-state index contributed by atoms with van der Waals surface area (Å²) in [6.45, 7) is 2.13. The molecule has 0 aliphatic rings. The number of hydrogen-bond donors (Lipinski definition) is 1. The summed E-state index contributed by atoms with van der Waals surface area (Å²) in [6, 6.07) is 19.3. The summed E-state index contributed by atoms with van der Waals surface area (Å²) in [5, 5.41) is 2.24. The highest BCUT2D eigenvalue weighted by atomic mass is 16.1. The van der Waals surface area contributed by atoms with Gasteiger partial charge in [0.1, 0.15) is 0 Å². The fourth-order valence-electron chi connectivity index (χ4n) is 2.52. The third-order valence-corrected chi connectivity index (χ3v) is 3.78. The zero-order valence-corrected chi connectivity index (χ0v) is 12.0. The second kappa shape index (κ2) is 5.41. The fourth-order valence-corrected chi connectivity index (χ4v) is 2.52. The molecule has 3 aromatic rings. The number of rotatable bonds is 3. The minimum Gasteiger partial charge on any atom is -0.398 e. The van der Waals surface area contributed by atoms with Crippen molar-refractivity contribution >= 4 is 22.2 Å². The molecule has 3 aromatic carbocycles. The highest BCUT2D eigenvalue weighted by Gasteiger charge is 2.12. The van der Waals surface area contributed by atoms with Gasteiger partial charge in [-0.05, 0) is 41.0 Å². The smallest absolute Gasteiger partial charge is 0.195 e. The maximum atomic E-state index is 12.6. The Morgan fingerprint density at radius 2 is 1.71 bits per heavy atom. The molecule has 0 saturated heterocycles. The summed E-state index contributed by atoms with van der Waals surface area (Å²) in [4.78, 5) is 12.6. The van der Waals surface area contributed by atoms with Gasteiger partial charge < -0.3 is 5.73 Å². The number of aryl methyl sites for hydroxylation is 1. The van der Waals surface area contributed by atoms with Gasteiger partial charge in [-0.2, -0.15) is 0 Å². The van der Waals surface area contributed by atoms with Gasteiger partial charge in [0.05, 0.1) is 0 Å². The monoisotopic (exact) mass is 275 g/mol. The van der Waals surface area contributed by atoms with Crippen molar-refractivity contribution in [3.63, 3.8) is 0 Å². The summed E-state index contributed by atoms with van der Waals surface area (Å²) in [7, 11) is 0. The van der Waals surface area contributed by atoms with Crippen molar-refractivity contribution in [3.05, 3.63) is 77.4 Å². The molecule has 0 fully saturated rings. The van der Waals surface area contributed by atoms with E-state index in [2.05, 4.69) is 25.1 Å². The number of anilines is 1. The van der Waals surface area contributed by atoms with Crippen molar-refractivity contribution in [2.24, 2.45) is 0 Å². The molecule has 2 nitrogen and oxygen atoms in total. The van der Waals surface area contributed by atoms with Crippen molar-refractivity contribution in [3.8, 4) is 0 Å². The van der Waals surface area contributed by atoms with Crippen LogP contribution >= 0.6 is 0 Å². The lowest BCUT2D eigenvalue weighted by Gasteiger charge is -2.07. The largest absolute Gasteiger partial charge is 0.398 e. The Balaban J connectivity index is 2.08. The molecule has 0 spiro atoms. The van der Waals surface area contributed by atoms with Crippen molar-refractivity contribution in [1.29, 1.82) is 0 Å². The third-order valence-electron chi connectivity index (χ3n) is 3.78. The lowest BCUT2D eigenvalue weighted by atomic mass is 9.98. The average molecular weight is 275 g/mol. The van der Waals surface area contributed by atoms with Crippen LogP contribution < -0.4 is 5.73 Å². The standard InChI is InChI=1S/C19H17NO/c1-2-13-7-8-14-9-10-15(12-16(14)11-13)19(21)17-5-3-4-6-18(17)20/h3-12H,2,20H2,1H3. The number of carbonyl (C=O) groups excluding carboxylic acids is 1. The summed E-state index contributed by atoms with van der Waals surface area (Å²) in [6.07, 6.45) is 0.986. The number of para-hydroxylation sites is 1. The lowest BCUT2D eigenvalue weighted by Crippen LogP contribution is -2.05. The summed E-state index contributed by atoms with van der Waals surface area (Å²) in [5.74, 6) is -0.0306. The molecule has 0 atom stereocenters. The van der Waals surface area contributed by atoms with Crippen LogP contribution in [-0.4, -0.2) is 5.78 Å². The number of nitrogen functional groups attached to an aromatic ring is 1. The van der Waals surface area contributed by atoms with E-state index in [1.165, 1.54) is 5.56 Å². The van der Waals surface area contributed by atoms with Crippen molar-refractivity contribution < 1.29 is 4.79 Å². The summed E-state index contributed by atoms with van der Waals surface area (Å²) < 4.78 is 0. The maximum Gasteiger partial charge on any atom is 0.195 e. The molecule has 0 bridgehead atoms. The maximum absolute atomic E-state index is 12.6. The summed E-state index contributed by atoms with van der Waals surface area (Å²) in [5.41, 5.74) is 8.92. The lowest BCUT2D eigenvalue weighted by molar-refractivity contribution is 0.103. The number of benzene rings is 3. The Hall–Kier alpha value is -2.61. The van der Waals surface area contributed by atoms with Gasteiger partial charge in [-0.15, -0.1) is 0 Å². The van der Waals surface area contributed by atoms with Crippen LogP contribution in [0.3, 0.4) is 0 Å². The predicted molar refractivity (Wildman–Crippen MR) is 87.6 cm³/mol. The molecule has 0 amide bonds. The first-order valence-electron chi connectivity index (χ1n) is 7.11. The van der Waals surface area contributed by atoms with Crippen LogP contribution in [0.4, 0.5) is 5.69 Å². The van der Waals surface area contributed by atoms with Gasteiger partial charge in [-0.1, -0.05) is 49.4 Å². The first-order valence-corrected chi connectivity index (χ1v) is 7.11. The molecule has 0 unspecified atom stereocenters. The Kier molecular flexibility index (Phi) is 3.44. The predicted octanol–water partition coefficient (Wildman–Crippen LogP) is 4.22. The van der Waals surface area contributed by atoms with E-state index in [0.717, 1.165) is 17.2 Å². The van der Waals surface area contributed by atoms with E-state index in [4.69, 9.17) is 5.73 Å². The van der Waals surface area contributed by atoms with E-state index in [1.807, 2.05) is 30.3 Å². The van der Waals surface area contributed by atoms with Crippen molar-refractivity contribution in [2.45, 2.75) is 13.3 Å². The Morgan fingerprint density at radius 3 is 2.48 bits per heavy atom. The first kappa shape index (κ1) is 13.4. The molecule has 21 heavy (non-hydrogen) atoms. The fraction of sp³-hybridized carbons (Fsp3) is 0.105. The zero-order chi connectivity index (χ0) is 14.8. The minimum atomic E-state index is -0.0306. The van der Waals surface area contributed by atoms with Crippen LogP contribution in [0.2, 0.25) is 0 Å². The highest BCUT2D eigenvalue weighted by Crippen LogP contribution is 2.22. The molecule has 0 aliphatic carbocycles. The second-order valence-corrected chi connectivity index (χ2v) is 5.17. The Morgan fingerprint density at radius 1 is 0.952 bits per heavy atom. The SMILES string of the molecule is CCc1ccc2ccc(C(=O)c3ccccc3N)cc2c1. The Bertz CT molecular complexity index is 821. The zero-order valence-electron chi connectivity index (χ0n) is 12.0. The molecule has 104 valence electrons. The van der Waals surface area contributed by atoms with Gasteiger partial charge in [-0.3, -0.25) is 4.79 Å². The van der Waals surface area contributed by atoms with E-state index in [1.54, 1.807) is 12.1 Å². The first-order chi connectivity index (χ1) is 10.2. The van der Waals surface area contributed by atoms with E-state index in [-0.39, 0.29) is 5.78 Å². The molecule has 0 aromatic heterocycles. The number of nitrogens with two attached hydrogens (primary N) is 1. The third kappa shape index (κ3) is 2.52. The molecule has 0 saturated carbocycles. The van der Waals surface area contributed by atoms with Gasteiger partial charge in [0, 0.05) is 16.8 Å². The summed E-state index contributed by atoms with van der Waals surface area (Å²) >= 11 is 0. The van der Waals surface area contributed by atoms with Crippen LogP contribution in [0, 0.1) is 0 Å². The molecule has 3 rings (SSSR count). The van der Waals surface area contributed by atoms with E-state index in [0.29, 0.717) is 16.8 Å². The molecular formula is C19H17NO. The molecular weight excluding hydrogens is 258 g/mol. The van der Waals surface area contributed by atoms with Crippen LogP contribution in [0.15, 0.2) is 60.7 Å². The Labute approximate surface area is 124 Å². The number of carbonyl (C=O) groups is 1. The quantitative estimate of drug-likeness (QED) is 0.574. The molecule has 0 aliphatic heterocycles. The number of hydrogen-bond acceptors (Lipinski definition) is 2. The van der Waals surface area contributed by atoms with Crippen LogP contribution in [0.25, 0.3) is 10.8 Å². The van der Waals surface area contributed by atoms with Crippen molar-refractivity contribution in [2.75, 3.05) is 5.73 Å². The second-order valence-electron chi connectivity index (χ2n) is 5.17. The van der Waals surface area contributed by atoms with Gasteiger partial charge in [-0.25, -0.2) is 0 Å². The highest BCUT2D eigenvalue weighted by molar-refractivity contribution is 6.13. The van der Waals surface area contributed by atoms with Crippen LogP contribution in [0.1, 0.15) is 28.4 Å². The average Bonchev–Trinajstić information content (AvgIpc) is 2.53. The van der Waals surface area contributed by atoms with E-state index in [9.17, 15) is 4.79 Å². The van der Waals surface area contributed by atoms with E-state index < -0.39 is 0 Å². The number of ketones is 1. The van der Waals surface area contributed by atoms with Gasteiger partial charge >= 0.3 is 0 Å². The molecule has 2 heteroatoms. The number of fused-ring (bicyclic) bond motifs is 1. The molecule has 2 N–H and O–H groups in total.